The second-order valence-corrected chi connectivity index (χ2v) is 5.44. The number of hydrogen-bond donors (Lipinski definition) is 1. The molecule has 1 N–H and O–H groups in total. The Kier molecular flexibility index (Phi) is 5.02. The third-order valence-corrected chi connectivity index (χ3v) is 3.79. The SMILES string of the molecule is O=C(CN1CCCC1CF)Nc1cc(Cl)ccc1Cl. The standard InChI is InChI=1S/C13H15Cl2FN2O/c14-9-3-4-11(15)12(6-9)17-13(19)8-18-5-1-2-10(18)7-16/h3-4,6,10H,1-2,5,7-8H2,(H,17,19). The summed E-state index contributed by atoms with van der Waals surface area (Å²) in [5.74, 6) is -0.204. The van der Waals surface area contributed by atoms with Crippen molar-refractivity contribution in [2.45, 2.75) is 18.9 Å². The van der Waals surface area contributed by atoms with E-state index in [1.807, 2.05) is 4.90 Å². The van der Waals surface area contributed by atoms with Crippen LogP contribution in [0.1, 0.15) is 12.8 Å². The van der Waals surface area contributed by atoms with E-state index in [1.165, 1.54) is 0 Å². The highest BCUT2D eigenvalue weighted by molar-refractivity contribution is 6.35. The van der Waals surface area contributed by atoms with Crippen molar-refractivity contribution < 1.29 is 9.18 Å². The molecule has 1 fully saturated rings. The van der Waals surface area contributed by atoms with Crippen LogP contribution >= 0.6 is 23.2 Å². The minimum atomic E-state index is -0.412. The molecular formula is C13H15Cl2FN2O. The lowest BCUT2D eigenvalue weighted by Crippen LogP contribution is -2.37. The van der Waals surface area contributed by atoms with Gasteiger partial charge in [0.1, 0.15) is 6.67 Å². The maximum atomic E-state index is 12.7. The van der Waals surface area contributed by atoms with Gasteiger partial charge in [0.05, 0.1) is 17.3 Å². The lowest BCUT2D eigenvalue weighted by atomic mass is 10.2. The van der Waals surface area contributed by atoms with Crippen molar-refractivity contribution in [2.24, 2.45) is 0 Å². The predicted octanol–water partition coefficient (Wildman–Crippen LogP) is 3.37. The summed E-state index contributed by atoms with van der Waals surface area (Å²) in [6, 6.07) is 4.73. The Labute approximate surface area is 121 Å². The molecule has 0 radical (unpaired) electrons. The third kappa shape index (κ3) is 3.81. The van der Waals surface area contributed by atoms with E-state index in [1.54, 1.807) is 18.2 Å². The van der Waals surface area contributed by atoms with Crippen LogP contribution in [0.25, 0.3) is 0 Å². The predicted molar refractivity (Wildman–Crippen MR) is 75.7 cm³/mol. The minimum absolute atomic E-state index is 0.138. The van der Waals surface area contributed by atoms with Crippen molar-refractivity contribution in [1.29, 1.82) is 0 Å². The van der Waals surface area contributed by atoms with Gasteiger partial charge in [-0.3, -0.25) is 9.69 Å². The van der Waals surface area contributed by atoms with Gasteiger partial charge in [0.2, 0.25) is 5.91 Å². The molecule has 1 heterocycles. The van der Waals surface area contributed by atoms with Crippen LogP contribution in [0, 0.1) is 0 Å². The molecule has 0 aliphatic carbocycles. The van der Waals surface area contributed by atoms with E-state index in [4.69, 9.17) is 23.2 Å². The molecule has 0 aromatic heterocycles. The maximum Gasteiger partial charge on any atom is 0.238 e. The lowest BCUT2D eigenvalue weighted by Gasteiger charge is -2.21. The number of rotatable bonds is 4. The Balaban J connectivity index is 1.95. The van der Waals surface area contributed by atoms with Gasteiger partial charge in [0.25, 0.3) is 0 Å². The molecule has 1 aromatic carbocycles. The number of benzene rings is 1. The second-order valence-electron chi connectivity index (χ2n) is 4.59. The molecule has 1 unspecified atom stereocenters. The molecule has 3 nitrogen and oxygen atoms in total. The lowest BCUT2D eigenvalue weighted by molar-refractivity contribution is -0.117. The van der Waals surface area contributed by atoms with Crippen LogP contribution in [0.15, 0.2) is 18.2 Å². The van der Waals surface area contributed by atoms with E-state index in [2.05, 4.69) is 5.32 Å². The molecule has 1 atom stereocenters. The smallest absolute Gasteiger partial charge is 0.238 e. The number of alkyl halides is 1. The minimum Gasteiger partial charge on any atom is -0.324 e. The Morgan fingerprint density at radius 3 is 3.00 bits per heavy atom. The Morgan fingerprint density at radius 2 is 2.26 bits per heavy atom. The summed E-state index contributed by atoms with van der Waals surface area (Å²) < 4.78 is 12.7. The largest absolute Gasteiger partial charge is 0.324 e. The van der Waals surface area contributed by atoms with Crippen molar-refractivity contribution in [3.63, 3.8) is 0 Å². The third-order valence-electron chi connectivity index (χ3n) is 3.23. The number of hydrogen-bond acceptors (Lipinski definition) is 2. The topological polar surface area (TPSA) is 32.3 Å². The Hall–Kier alpha value is -0.840. The van der Waals surface area contributed by atoms with Gasteiger partial charge in [-0.05, 0) is 37.6 Å². The molecule has 19 heavy (non-hydrogen) atoms. The highest BCUT2D eigenvalue weighted by Gasteiger charge is 2.26. The summed E-state index contributed by atoms with van der Waals surface area (Å²) in [5.41, 5.74) is 0.482. The van der Waals surface area contributed by atoms with Crippen molar-refractivity contribution in [1.82, 2.24) is 4.90 Å². The summed E-state index contributed by atoms with van der Waals surface area (Å²) in [5, 5.41) is 3.64. The van der Waals surface area contributed by atoms with Crippen LogP contribution in [0.3, 0.4) is 0 Å². The first kappa shape index (κ1) is 14.6. The summed E-state index contributed by atoms with van der Waals surface area (Å²) in [7, 11) is 0. The first-order valence-corrected chi connectivity index (χ1v) is 6.90. The molecule has 0 saturated carbocycles. The number of likely N-dealkylation sites (tertiary alicyclic amines) is 1. The molecule has 1 aliphatic rings. The van der Waals surface area contributed by atoms with Gasteiger partial charge in [0, 0.05) is 11.1 Å². The number of anilines is 1. The van der Waals surface area contributed by atoms with Crippen LogP contribution < -0.4 is 5.32 Å². The molecule has 1 saturated heterocycles. The molecule has 0 spiro atoms. The zero-order valence-electron chi connectivity index (χ0n) is 10.3. The molecule has 2 rings (SSSR count). The quantitative estimate of drug-likeness (QED) is 0.925. The summed E-state index contributed by atoms with van der Waals surface area (Å²) in [4.78, 5) is 13.8. The second kappa shape index (κ2) is 6.55. The van der Waals surface area contributed by atoms with E-state index in [9.17, 15) is 9.18 Å². The van der Waals surface area contributed by atoms with Crippen LogP contribution in [-0.4, -0.2) is 36.6 Å². The van der Waals surface area contributed by atoms with Gasteiger partial charge in [-0.15, -0.1) is 0 Å². The Bertz CT molecular complexity index is 470. The van der Waals surface area contributed by atoms with E-state index in [-0.39, 0.29) is 18.5 Å². The zero-order chi connectivity index (χ0) is 13.8. The number of nitrogens with zero attached hydrogens (tertiary/aromatic N) is 1. The number of carbonyl (C=O) groups is 1. The van der Waals surface area contributed by atoms with E-state index in [0.717, 1.165) is 19.4 Å². The van der Waals surface area contributed by atoms with Gasteiger partial charge in [-0.25, -0.2) is 4.39 Å². The average Bonchev–Trinajstić information content (AvgIpc) is 2.81. The fraction of sp³-hybridized carbons (Fsp3) is 0.462. The van der Waals surface area contributed by atoms with E-state index in [0.29, 0.717) is 15.7 Å². The zero-order valence-corrected chi connectivity index (χ0v) is 11.8. The van der Waals surface area contributed by atoms with Gasteiger partial charge >= 0.3 is 0 Å². The fourth-order valence-corrected chi connectivity index (χ4v) is 2.58. The van der Waals surface area contributed by atoms with Crippen molar-refractivity contribution in [2.75, 3.05) is 25.1 Å². The van der Waals surface area contributed by atoms with Gasteiger partial charge < -0.3 is 5.32 Å². The van der Waals surface area contributed by atoms with E-state index < -0.39 is 6.67 Å². The van der Waals surface area contributed by atoms with Crippen molar-refractivity contribution in [3.05, 3.63) is 28.2 Å². The monoisotopic (exact) mass is 304 g/mol. The molecule has 1 aromatic rings. The highest BCUT2D eigenvalue weighted by atomic mass is 35.5. The normalized spacial score (nSPS) is 19.6. The average molecular weight is 305 g/mol. The van der Waals surface area contributed by atoms with Crippen LogP contribution in [0.2, 0.25) is 10.0 Å². The molecular weight excluding hydrogens is 290 g/mol. The molecule has 104 valence electrons. The van der Waals surface area contributed by atoms with Gasteiger partial charge in [0.15, 0.2) is 0 Å². The molecule has 0 bridgehead atoms. The first-order valence-electron chi connectivity index (χ1n) is 6.15. The number of carbonyl (C=O) groups excluding carboxylic acids is 1. The highest BCUT2D eigenvalue weighted by Crippen LogP contribution is 2.25. The fourth-order valence-electron chi connectivity index (χ4n) is 2.25. The first-order chi connectivity index (χ1) is 9.10. The van der Waals surface area contributed by atoms with Crippen molar-refractivity contribution in [3.8, 4) is 0 Å². The molecule has 1 aliphatic heterocycles. The van der Waals surface area contributed by atoms with Crippen molar-refractivity contribution >= 4 is 34.8 Å². The maximum absolute atomic E-state index is 12.7. The Morgan fingerprint density at radius 1 is 1.47 bits per heavy atom. The van der Waals surface area contributed by atoms with Gasteiger partial charge in [-0.2, -0.15) is 0 Å². The summed E-state index contributed by atoms with van der Waals surface area (Å²) >= 11 is 11.8. The van der Waals surface area contributed by atoms with E-state index >= 15 is 0 Å². The number of nitrogens with one attached hydrogen (secondary N) is 1. The number of amides is 1. The summed E-state index contributed by atoms with van der Waals surface area (Å²) in [6.07, 6.45) is 1.74. The molecule has 1 amide bonds. The van der Waals surface area contributed by atoms with Crippen LogP contribution in [0.4, 0.5) is 10.1 Å². The summed E-state index contributed by atoms with van der Waals surface area (Å²) in [6.45, 7) is 0.522. The van der Waals surface area contributed by atoms with Gasteiger partial charge in [-0.1, -0.05) is 23.2 Å². The molecule has 6 heteroatoms. The van der Waals surface area contributed by atoms with Crippen LogP contribution in [0.5, 0.6) is 0 Å². The number of halogens is 3. The van der Waals surface area contributed by atoms with Crippen LogP contribution in [-0.2, 0) is 4.79 Å².